The summed E-state index contributed by atoms with van der Waals surface area (Å²) in [5, 5.41) is 13.6. The molecule has 1 amide bonds. The Labute approximate surface area is 167 Å². The first-order valence-electron chi connectivity index (χ1n) is 8.48. The number of amides is 1. The number of rotatable bonds is 9. The van der Waals surface area contributed by atoms with Gasteiger partial charge in [-0.3, -0.25) is 24.4 Å². The molecule has 0 radical (unpaired) electrons. The lowest BCUT2D eigenvalue weighted by Crippen LogP contribution is -2.23. The van der Waals surface area contributed by atoms with E-state index in [-0.39, 0.29) is 23.5 Å². The molecule has 0 heterocycles. The van der Waals surface area contributed by atoms with Crippen LogP contribution in [0.1, 0.15) is 19.8 Å². The van der Waals surface area contributed by atoms with Crippen LogP contribution in [0.4, 0.5) is 17.1 Å². The lowest BCUT2D eigenvalue weighted by atomic mass is 10.2. The van der Waals surface area contributed by atoms with Crippen LogP contribution in [-0.4, -0.2) is 31.3 Å². The summed E-state index contributed by atoms with van der Waals surface area (Å²) in [6.45, 7) is 1.71. The first kappa shape index (κ1) is 21.8. The standard InChI is InChI=1S/C18H19N3O7S/c1-3-7-16(22)18(23)19-13-10-14(20-29(2,26)27)17(11-15(13)21(24)25)28-12-8-5-4-6-9-12/h4-6,8-11,20H,3,7H2,1-2H3,(H,19,23). The van der Waals surface area contributed by atoms with Gasteiger partial charge >= 0.3 is 0 Å². The number of carbonyl (C=O) groups is 2. The first-order valence-corrected chi connectivity index (χ1v) is 10.4. The van der Waals surface area contributed by atoms with Crippen molar-refractivity contribution in [1.29, 1.82) is 0 Å². The first-order chi connectivity index (χ1) is 13.6. The topological polar surface area (TPSA) is 145 Å². The van der Waals surface area contributed by atoms with E-state index in [4.69, 9.17) is 4.74 Å². The van der Waals surface area contributed by atoms with Crippen LogP contribution in [0.3, 0.4) is 0 Å². The van der Waals surface area contributed by atoms with Crippen molar-refractivity contribution in [3.05, 3.63) is 52.6 Å². The van der Waals surface area contributed by atoms with E-state index in [1.54, 1.807) is 37.3 Å². The SMILES string of the molecule is CCCC(=O)C(=O)Nc1cc(NS(C)(=O)=O)c(Oc2ccccc2)cc1[N+](=O)[O-]. The maximum Gasteiger partial charge on any atom is 0.296 e. The van der Waals surface area contributed by atoms with E-state index >= 15 is 0 Å². The lowest BCUT2D eigenvalue weighted by Gasteiger charge is -2.14. The number of nitro groups is 1. The van der Waals surface area contributed by atoms with Gasteiger partial charge < -0.3 is 10.1 Å². The van der Waals surface area contributed by atoms with E-state index in [0.29, 0.717) is 12.2 Å². The highest BCUT2D eigenvalue weighted by molar-refractivity contribution is 7.92. The molecule has 29 heavy (non-hydrogen) atoms. The second-order valence-corrected chi connectivity index (χ2v) is 7.79. The molecule has 10 nitrogen and oxygen atoms in total. The number of Topliss-reactive ketones (excluding diaryl/α,β-unsaturated/α-hetero) is 1. The number of nitro benzene ring substituents is 1. The molecule has 0 bridgehead atoms. The van der Waals surface area contributed by atoms with Gasteiger partial charge in [-0.2, -0.15) is 0 Å². The summed E-state index contributed by atoms with van der Waals surface area (Å²) in [7, 11) is -3.77. The number of carbonyl (C=O) groups excluding carboxylic acids is 2. The summed E-state index contributed by atoms with van der Waals surface area (Å²) >= 11 is 0. The van der Waals surface area contributed by atoms with Gasteiger partial charge in [0.25, 0.3) is 11.6 Å². The van der Waals surface area contributed by atoms with E-state index in [0.717, 1.165) is 18.4 Å². The molecule has 0 saturated heterocycles. The van der Waals surface area contributed by atoms with Crippen molar-refractivity contribution >= 4 is 38.8 Å². The average Bonchev–Trinajstić information content (AvgIpc) is 2.63. The van der Waals surface area contributed by atoms with E-state index < -0.39 is 32.3 Å². The summed E-state index contributed by atoms with van der Waals surface area (Å²) in [5.74, 6) is -1.61. The number of benzene rings is 2. The van der Waals surface area contributed by atoms with Crippen LogP contribution in [0.25, 0.3) is 0 Å². The fraction of sp³-hybridized carbons (Fsp3) is 0.222. The number of nitrogens with one attached hydrogen (secondary N) is 2. The molecule has 0 atom stereocenters. The Kier molecular flexibility index (Phi) is 6.89. The number of anilines is 2. The molecule has 0 fully saturated rings. The fourth-order valence-corrected chi connectivity index (χ4v) is 2.89. The second kappa shape index (κ2) is 9.15. The van der Waals surface area contributed by atoms with Crippen molar-refractivity contribution in [3.63, 3.8) is 0 Å². The molecule has 2 N–H and O–H groups in total. The summed E-state index contributed by atoms with van der Waals surface area (Å²) < 4.78 is 31.2. The maximum absolute atomic E-state index is 12.0. The Morgan fingerprint density at radius 1 is 1.14 bits per heavy atom. The van der Waals surface area contributed by atoms with E-state index in [1.165, 1.54) is 0 Å². The minimum absolute atomic E-state index is 0.0245. The third-order valence-electron chi connectivity index (χ3n) is 3.54. The summed E-state index contributed by atoms with van der Waals surface area (Å²) in [4.78, 5) is 34.4. The molecule has 2 aromatic rings. The Bertz CT molecular complexity index is 1040. The molecule has 0 aromatic heterocycles. The Hall–Kier alpha value is -3.47. The van der Waals surface area contributed by atoms with Crippen molar-refractivity contribution in [2.24, 2.45) is 0 Å². The van der Waals surface area contributed by atoms with Crippen LogP contribution in [0.2, 0.25) is 0 Å². The molecular weight excluding hydrogens is 402 g/mol. The van der Waals surface area contributed by atoms with Gasteiger partial charge in [-0.05, 0) is 24.6 Å². The minimum atomic E-state index is -3.77. The normalized spacial score (nSPS) is 10.8. The van der Waals surface area contributed by atoms with E-state index in [1.807, 2.05) is 0 Å². The summed E-state index contributed by atoms with van der Waals surface area (Å²) in [6.07, 6.45) is 1.30. The van der Waals surface area contributed by atoms with Gasteiger partial charge in [0.2, 0.25) is 15.8 Å². The third kappa shape index (κ3) is 6.28. The smallest absolute Gasteiger partial charge is 0.296 e. The number of hydrogen-bond acceptors (Lipinski definition) is 7. The molecule has 0 unspecified atom stereocenters. The highest BCUT2D eigenvalue weighted by atomic mass is 32.2. The van der Waals surface area contributed by atoms with Crippen molar-refractivity contribution < 1.29 is 27.7 Å². The molecule has 11 heteroatoms. The highest BCUT2D eigenvalue weighted by Crippen LogP contribution is 2.39. The summed E-state index contributed by atoms with van der Waals surface area (Å²) in [6, 6.07) is 10.2. The molecule has 0 aliphatic carbocycles. The number of para-hydroxylation sites is 1. The number of ketones is 1. The maximum atomic E-state index is 12.0. The van der Waals surface area contributed by atoms with Gasteiger partial charge in [-0.25, -0.2) is 8.42 Å². The summed E-state index contributed by atoms with van der Waals surface area (Å²) in [5.41, 5.74) is -1.04. The minimum Gasteiger partial charge on any atom is -0.455 e. The van der Waals surface area contributed by atoms with Gasteiger partial charge in [0.15, 0.2) is 5.75 Å². The van der Waals surface area contributed by atoms with Gasteiger partial charge in [0, 0.05) is 6.42 Å². The zero-order chi connectivity index (χ0) is 21.6. The largest absolute Gasteiger partial charge is 0.455 e. The fourth-order valence-electron chi connectivity index (χ4n) is 2.33. The monoisotopic (exact) mass is 421 g/mol. The highest BCUT2D eigenvalue weighted by Gasteiger charge is 2.24. The molecular formula is C18H19N3O7S. The lowest BCUT2D eigenvalue weighted by molar-refractivity contribution is -0.384. The van der Waals surface area contributed by atoms with E-state index in [2.05, 4.69) is 10.0 Å². The van der Waals surface area contributed by atoms with E-state index in [9.17, 15) is 28.1 Å². The van der Waals surface area contributed by atoms with Gasteiger partial charge in [-0.1, -0.05) is 25.1 Å². The van der Waals surface area contributed by atoms with Crippen LogP contribution in [-0.2, 0) is 19.6 Å². The number of ether oxygens (including phenoxy) is 1. The van der Waals surface area contributed by atoms with Crippen LogP contribution in [0.5, 0.6) is 11.5 Å². The molecule has 154 valence electrons. The van der Waals surface area contributed by atoms with Crippen molar-refractivity contribution in [2.75, 3.05) is 16.3 Å². The molecule has 0 aliphatic heterocycles. The molecule has 2 rings (SSSR count). The van der Waals surface area contributed by atoms with Crippen LogP contribution in [0, 0.1) is 10.1 Å². The number of hydrogen-bond donors (Lipinski definition) is 2. The average molecular weight is 421 g/mol. The Balaban J connectivity index is 2.53. The Morgan fingerprint density at radius 3 is 2.34 bits per heavy atom. The van der Waals surface area contributed by atoms with Crippen molar-refractivity contribution in [1.82, 2.24) is 0 Å². The van der Waals surface area contributed by atoms with Crippen molar-refractivity contribution in [2.45, 2.75) is 19.8 Å². The van der Waals surface area contributed by atoms with Crippen LogP contribution < -0.4 is 14.8 Å². The molecule has 2 aromatic carbocycles. The molecule has 0 saturated carbocycles. The van der Waals surface area contributed by atoms with Crippen LogP contribution >= 0.6 is 0 Å². The van der Waals surface area contributed by atoms with Gasteiger partial charge in [0.05, 0.1) is 22.9 Å². The quantitative estimate of drug-likeness (QED) is 0.359. The van der Waals surface area contributed by atoms with Crippen LogP contribution in [0.15, 0.2) is 42.5 Å². The zero-order valence-corrected chi connectivity index (χ0v) is 16.5. The van der Waals surface area contributed by atoms with Gasteiger partial charge in [-0.15, -0.1) is 0 Å². The predicted molar refractivity (Wildman–Crippen MR) is 107 cm³/mol. The second-order valence-electron chi connectivity index (χ2n) is 6.04. The van der Waals surface area contributed by atoms with Crippen molar-refractivity contribution in [3.8, 4) is 11.5 Å². The molecule has 0 spiro atoms. The Morgan fingerprint density at radius 2 is 1.79 bits per heavy atom. The number of sulfonamides is 1. The van der Waals surface area contributed by atoms with Gasteiger partial charge in [0.1, 0.15) is 11.4 Å². The molecule has 0 aliphatic rings. The zero-order valence-electron chi connectivity index (χ0n) is 15.7. The third-order valence-corrected chi connectivity index (χ3v) is 4.13. The number of nitrogens with zero attached hydrogens (tertiary/aromatic N) is 1. The predicted octanol–water partition coefficient (Wildman–Crippen LogP) is 3.07.